The number of carboxylic acid groups (broad SMARTS) is 1. The second kappa shape index (κ2) is 6.49. The molecule has 0 radical (unpaired) electrons. The minimum atomic E-state index is -1.04. The van der Waals surface area contributed by atoms with Crippen molar-refractivity contribution in [2.45, 2.75) is 0 Å². The molecule has 0 heterocycles. The molecular weight excluding hydrogens is 224 g/mol. The molecular formula is C11H14N2O4. The lowest BCUT2D eigenvalue weighted by Crippen LogP contribution is -2.28. The van der Waals surface area contributed by atoms with Gasteiger partial charge in [-0.15, -0.1) is 0 Å². The van der Waals surface area contributed by atoms with E-state index in [1.165, 1.54) is 0 Å². The highest BCUT2D eigenvalue weighted by atomic mass is 16.5. The highest BCUT2D eigenvalue weighted by Crippen LogP contribution is 2.09. The average molecular weight is 238 g/mol. The van der Waals surface area contributed by atoms with Crippen molar-refractivity contribution >= 4 is 17.6 Å². The number of para-hydroxylation sites is 1. The van der Waals surface area contributed by atoms with Crippen LogP contribution in [0.5, 0.6) is 0 Å². The SMILES string of the molecule is Nc1ccccc1C(=O)NCCOCC(=O)O. The zero-order valence-corrected chi connectivity index (χ0v) is 9.18. The second-order valence-corrected chi connectivity index (χ2v) is 3.29. The Bertz CT molecular complexity index is 406. The molecule has 0 bridgehead atoms. The number of aliphatic carboxylic acids is 1. The maximum absolute atomic E-state index is 11.6. The Morgan fingerprint density at radius 3 is 2.71 bits per heavy atom. The summed E-state index contributed by atoms with van der Waals surface area (Å²) in [5.41, 5.74) is 6.42. The number of rotatable bonds is 6. The molecule has 92 valence electrons. The van der Waals surface area contributed by atoms with E-state index in [2.05, 4.69) is 5.32 Å². The summed E-state index contributed by atoms with van der Waals surface area (Å²) in [4.78, 5) is 21.7. The van der Waals surface area contributed by atoms with Gasteiger partial charge in [-0.3, -0.25) is 4.79 Å². The van der Waals surface area contributed by atoms with Crippen LogP contribution in [0.3, 0.4) is 0 Å². The van der Waals surface area contributed by atoms with Crippen LogP contribution >= 0.6 is 0 Å². The van der Waals surface area contributed by atoms with Crippen molar-refractivity contribution < 1.29 is 19.4 Å². The number of carbonyl (C=O) groups excluding carboxylic acids is 1. The van der Waals surface area contributed by atoms with Crippen LogP contribution in [0.4, 0.5) is 5.69 Å². The van der Waals surface area contributed by atoms with E-state index < -0.39 is 5.97 Å². The zero-order chi connectivity index (χ0) is 12.7. The first-order chi connectivity index (χ1) is 8.11. The van der Waals surface area contributed by atoms with E-state index in [0.29, 0.717) is 11.3 Å². The number of carbonyl (C=O) groups is 2. The number of nitrogens with one attached hydrogen (secondary N) is 1. The molecule has 0 unspecified atom stereocenters. The highest BCUT2D eigenvalue weighted by molar-refractivity contribution is 5.99. The van der Waals surface area contributed by atoms with Gasteiger partial charge in [0.25, 0.3) is 5.91 Å². The standard InChI is InChI=1S/C11H14N2O4/c12-9-4-2-1-3-8(9)11(16)13-5-6-17-7-10(14)15/h1-4H,5-7,12H2,(H,13,16)(H,14,15). The van der Waals surface area contributed by atoms with E-state index >= 15 is 0 Å². The molecule has 0 saturated carbocycles. The van der Waals surface area contributed by atoms with Crippen LogP contribution in [-0.4, -0.2) is 36.7 Å². The van der Waals surface area contributed by atoms with Crippen LogP contribution in [0.25, 0.3) is 0 Å². The number of hydrogen-bond acceptors (Lipinski definition) is 4. The van der Waals surface area contributed by atoms with Gasteiger partial charge in [-0.1, -0.05) is 12.1 Å². The quantitative estimate of drug-likeness (QED) is 0.482. The zero-order valence-electron chi connectivity index (χ0n) is 9.18. The molecule has 0 aromatic heterocycles. The monoisotopic (exact) mass is 238 g/mol. The Morgan fingerprint density at radius 1 is 1.35 bits per heavy atom. The highest BCUT2D eigenvalue weighted by Gasteiger charge is 2.07. The predicted octanol–water partition coefficient (Wildman–Crippen LogP) is 0.0998. The fraction of sp³-hybridized carbons (Fsp3) is 0.273. The van der Waals surface area contributed by atoms with E-state index in [1.807, 2.05) is 0 Å². The van der Waals surface area contributed by atoms with Crippen molar-refractivity contribution in [1.29, 1.82) is 0 Å². The predicted molar refractivity (Wildman–Crippen MR) is 61.6 cm³/mol. The first-order valence-electron chi connectivity index (χ1n) is 5.03. The molecule has 6 heteroatoms. The van der Waals surface area contributed by atoms with Crippen LogP contribution in [0.15, 0.2) is 24.3 Å². The van der Waals surface area contributed by atoms with Crippen LogP contribution in [0.2, 0.25) is 0 Å². The number of anilines is 1. The molecule has 0 aliphatic heterocycles. The lowest BCUT2D eigenvalue weighted by Gasteiger charge is -2.07. The van der Waals surface area contributed by atoms with Gasteiger partial charge in [-0.05, 0) is 12.1 Å². The van der Waals surface area contributed by atoms with Gasteiger partial charge in [0.1, 0.15) is 6.61 Å². The van der Waals surface area contributed by atoms with Crippen LogP contribution in [-0.2, 0) is 9.53 Å². The van der Waals surface area contributed by atoms with Gasteiger partial charge in [-0.2, -0.15) is 0 Å². The minimum absolute atomic E-state index is 0.144. The normalized spacial score (nSPS) is 9.88. The summed E-state index contributed by atoms with van der Waals surface area (Å²) in [5.74, 6) is -1.34. The maximum atomic E-state index is 11.6. The van der Waals surface area contributed by atoms with Gasteiger partial charge in [0, 0.05) is 12.2 Å². The molecule has 1 rings (SSSR count). The molecule has 1 aromatic carbocycles. The third-order valence-electron chi connectivity index (χ3n) is 1.96. The summed E-state index contributed by atoms with van der Waals surface area (Å²) in [6.07, 6.45) is 0. The molecule has 1 aromatic rings. The van der Waals surface area contributed by atoms with Crippen molar-refractivity contribution in [3.8, 4) is 0 Å². The summed E-state index contributed by atoms with van der Waals surface area (Å²) in [6.45, 7) is 0.00850. The topological polar surface area (TPSA) is 102 Å². The van der Waals surface area contributed by atoms with Crippen LogP contribution in [0.1, 0.15) is 10.4 Å². The van der Waals surface area contributed by atoms with Crippen LogP contribution < -0.4 is 11.1 Å². The number of nitrogens with two attached hydrogens (primary N) is 1. The van der Waals surface area contributed by atoms with Gasteiger partial charge >= 0.3 is 5.97 Å². The maximum Gasteiger partial charge on any atom is 0.329 e. The number of amides is 1. The molecule has 0 aliphatic carbocycles. The molecule has 0 aliphatic rings. The first kappa shape index (κ1) is 13.0. The third kappa shape index (κ3) is 4.52. The molecule has 0 atom stereocenters. The van der Waals surface area contributed by atoms with Crippen molar-refractivity contribution in [3.05, 3.63) is 29.8 Å². The van der Waals surface area contributed by atoms with Gasteiger partial charge in [-0.25, -0.2) is 4.79 Å². The average Bonchev–Trinajstić information content (AvgIpc) is 2.28. The Kier molecular flexibility index (Phi) is 4.96. The van der Waals surface area contributed by atoms with Gasteiger partial charge in [0.15, 0.2) is 0 Å². The Labute approximate surface area is 98.4 Å². The second-order valence-electron chi connectivity index (χ2n) is 3.29. The number of ether oxygens (including phenoxy) is 1. The largest absolute Gasteiger partial charge is 0.480 e. The van der Waals surface area contributed by atoms with E-state index in [0.717, 1.165) is 0 Å². The lowest BCUT2D eigenvalue weighted by molar-refractivity contribution is -0.142. The van der Waals surface area contributed by atoms with Gasteiger partial charge < -0.3 is 20.9 Å². The molecule has 17 heavy (non-hydrogen) atoms. The summed E-state index contributed by atoms with van der Waals surface area (Å²) < 4.78 is 4.77. The minimum Gasteiger partial charge on any atom is -0.480 e. The summed E-state index contributed by atoms with van der Waals surface area (Å²) in [5, 5.41) is 10.9. The van der Waals surface area contributed by atoms with Gasteiger partial charge in [0.2, 0.25) is 0 Å². The fourth-order valence-corrected chi connectivity index (χ4v) is 1.20. The Hall–Kier alpha value is -2.08. The van der Waals surface area contributed by atoms with E-state index in [4.69, 9.17) is 15.6 Å². The summed E-state index contributed by atoms with van der Waals surface area (Å²) >= 11 is 0. The molecule has 0 spiro atoms. The van der Waals surface area contributed by atoms with E-state index in [1.54, 1.807) is 24.3 Å². The molecule has 6 nitrogen and oxygen atoms in total. The molecule has 4 N–H and O–H groups in total. The number of benzene rings is 1. The molecule has 1 amide bonds. The van der Waals surface area contributed by atoms with Crippen molar-refractivity contribution in [3.63, 3.8) is 0 Å². The Morgan fingerprint density at radius 2 is 2.06 bits per heavy atom. The van der Waals surface area contributed by atoms with Crippen LogP contribution in [0, 0.1) is 0 Å². The van der Waals surface area contributed by atoms with Crippen molar-refractivity contribution in [2.24, 2.45) is 0 Å². The third-order valence-corrected chi connectivity index (χ3v) is 1.96. The Balaban J connectivity index is 2.31. The number of carboxylic acids is 1. The van der Waals surface area contributed by atoms with Crippen molar-refractivity contribution in [2.75, 3.05) is 25.5 Å². The lowest BCUT2D eigenvalue weighted by atomic mass is 10.2. The fourth-order valence-electron chi connectivity index (χ4n) is 1.20. The van der Waals surface area contributed by atoms with Gasteiger partial charge in [0.05, 0.1) is 12.2 Å². The number of hydrogen-bond donors (Lipinski definition) is 3. The van der Waals surface area contributed by atoms with Crippen molar-refractivity contribution in [1.82, 2.24) is 5.32 Å². The molecule has 0 fully saturated rings. The first-order valence-corrected chi connectivity index (χ1v) is 5.03. The summed E-state index contributed by atoms with van der Waals surface area (Å²) in [6, 6.07) is 6.70. The molecule has 0 saturated heterocycles. The summed E-state index contributed by atoms with van der Waals surface area (Å²) in [7, 11) is 0. The number of nitrogen functional groups attached to an aromatic ring is 1. The van der Waals surface area contributed by atoms with E-state index in [9.17, 15) is 9.59 Å². The van der Waals surface area contributed by atoms with E-state index in [-0.39, 0.29) is 25.7 Å². The smallest absolute Gasteiger partial charge is 0.329 e.